The minimum atomic E-state index is -0.324. The van der Waals surface area contributed by atoms with Gasteiger partial charge in [0.05, 0.1) is 12.6 Å². The number of nitrogens with zero attached hydrogens (tertiary/aromatic N) is 2. The number of anilines is 1. The van der Waals surface area contributed by atoms with Gasteiger partial charge in [0.15, 0.2) is 5.82 Å². The van der Waals surface area contributed by atoms with E-state index in [4.69, 9.17) is 4.52 Å². The molecule has 1 aliphatic rings. The molecule has 1 fully saturated rings. The third kappa shape index (κ3) is 4.70. The van der Waals surface area contributed by atoms with Gasteiger partial charge in [0.25, 0.3) is 0 Å². The van der Waals surface area contributed by atoms with Gasteiger partial charge in [0, 0.05) is 12.6 Å². The molecule has 2 N–H and O–H groups in total. The first-order valence-corrected chi connectivity index (χ1v) is 8.82. The summed E-state index contributed by atoms with van der Waals surface area (Å²) >= 11 is 0. The molecule has 138 valence electrons. The molecule has 1 saturated heterocycles. The predicted molar refractivity (Wildman–Crippen MR) is 97.5 cm³/mol. The highest BCUT2D eigenvalue weighted by atomic mass is 16.5. The van der Waals surface area contributed by atoms with Crippen LogP contribution < -0.4 is 10.6 Å². The number of carbonyl (C=O) groups excluding carboxylic acids is 2. The molecule has 1 aromatic heterocycles. The maximum absolute atomic E-state index is 12.5. The first-order chi connectivity index (χ1) is 12.5. The normalized spacial score (nSPS) is 17.2. The van der Waals surface area contributed by atoms with E-state index in [2.05, 4.69) is 45.8 Å². The monoisotopic (exact) mass is 356 g/mol. The van der Waals surface area contributed by atoms with E-state index in [0.717, 1.165) is 25.9 Å². The smallest absolute Gasteiger partial charge is 0.245 e. The van der Waals surface area contributed by atoms with Crippen molar-refractivity contribution in [2.45, 2.75) is 39.3 Å². The fourth-order valence-electron chi connectivity index (χ4n) is 3.25. The number of aryl methyl sites for hydroxylation is 2. The van der Waals surface area contributed by atoms with Crippen LogP contribution in [0.1, 0.15) is 29.7 Å². The second kappa shape index (κ2) is 8.14. The number of nitrogens with one attached hydrogen (secondary N) is 2. The van der Waals surface area contributed by atoms with Crippen LogP contribution in [0.3, 0.4) is 0 Å². The van der Waals surface area contributed by atoms with E-state index >= 15 is 0 Å². The van der Waals surface area contributed by atoms with Crippen LogP contribution in [0.2, 0.25) is 0 Å². The van der Waals surface area contributed by atoms with Crippen molar-refractivity contribution < 1.29 is 14.1 Å². The number of likely N-dealkylation sites (tertiary alicyclic amines) is 1. The third-order valence-electron chi connectivity index (χ3n) is 4.45. The van der Waals surface area contributed by atoms with Crippen LogP contribution in [0.4, 0.5) is 5.82 Å². The highest BCUT2D eigenvalue weighted by Crippen LogP contribution is 2.20. The molecule has 0 radical (unpaired) electrons. The van der Waals surface area contributed by atoms with Crippen LogP contribution in [-0.4, -0.2) is 41.0 Å². The topological polar surface area (TPSA) is 87.5 Å². The standard InChI is InChI=1S/C19H24N4O3/c1-13-5-3-6-15(9-13)12-23-8-4-7-16(23)19(25)20-11-18(24)21-17-10-14(2)26-22-17/h3,5-6,9-10,16H,4,7-8,11-12H2,1-2H3,(H,20,25)(H,21,22,24). The van der Waals surface area contributed by atoms with Crippen LogP contribution in [0.15, 0.2) is 34.9 Å². The van der Waals surface area contributed by atoms with Crippen LogP contribution in [0, 0.1) is 13.8 Å². The van der Waals surface area contributed by atoms with Gasteiger partial charge >= 0.3 is 0 Å². The van der Waals surface area contributed by atoms with Gasteiger partial charge in [-0.05, 0) is 38.8 Å². The molecule has 7 heteroatoms. The van der Waals surface area contributed by atoms with Gasteiger partial charge < -0.3 is 15.2 Å². The lowest BCUT2D eigenvalue weighted by Crippen LogP contribution is -2.45. The average Bonchev–Trinajstić information content (AvgIpc) is 3.22. The van der Waals surface area contributed by atoms with E-state index in [-0.39, 0.29) is 24.4 Å². The Morgan fingerprint density at radius 1 is 1.31 bits per heavy atom. The summed E-state index contributed by atoms with van der Waals surface area (Å²) in [6.45, 7) is 5.35. The Kier molecular flexibility index (Phi) is 5.68. The fraction of sp³-hybridized carbons (Fsp3) is 0.421. The summed E-state index contributed by atoms with van der Waals surface area (Å²) in [6.07, 6.45) is 1.79. The average molecular weight is 356 g/mol. The summed E-state index contributed by atoms with van der Waals surface area (Å²) in [5.74, 6) is 0.530. The number of carbonyl (C=O) groups is 2. The maximum Gasteiger partial charge on any atom is 0.245 e. The van der Waals surface area contributed by atoms with Crippen molar-refractivity contribution in [2.75, 3.05) is 18.4 Å². The minimum absolute atomic E-state index is 0.0838. The SMILES string of the molecule is Cc1cccc(CN2CCCC2C(=O)NCC(=O)Nc2cc(C)on2)c1. The van der Waals surface area contributed by atoms with Crippen LogP contribution in [-0.2, 0) is 16.1 Å². The Labute approximate surface area is 152 Å². The van der Waals surface area contributed by atoms with Crippen molar-refractivity contribution in [3.05, 3.63) is 47.2 Å². The van der Waals surface area contributed by atoms with E-state index in [9.17, 15) is 9.59 Å². The van der Waals surface area contributed by atoms with Crippen molar-refractivity contribution in [1.82, 2.24) is 15.4 Å². The summed E-state index contributed by atoms with van der Waals surface area (Å²) in [4.78, 5) is 26.6. The van der Waals surface area contributed by atoms with Crippen LogP contribution in [0.25, 0.3) is 0 Å². The van der Waals surface area contributed by atoms with E-state index in [1.54, 1.807) is 13.0 Å². The zero-order valence-electron chi connectivity index (χ0n) is 15.1. The molecule has 1 aliphatic heterocycles. The van der Waals surface area contributed by atoms with Crippen molar-refractivity contribution in [3.8, 4) is 0 Å². The molecule has 26 heavy (non-hydrogen) atoms. The van der Waals surface area contributed by atoms with Gasteiger partial charge in [-0.3, -0.25) is 14.5 Å². The number of rotatable bonds is 6. The van der Waals surface area contributed by atoms with Gasteiger partial charge in [-0.1, -0.05) is 35.0 Å². The summed E-state index contributed by atoms with van der Waals surface area (Å²) < 4.78 is 4.89. The molecule has 0 spiro atoms. The van der Waals surface area contributed by atoms with Gasteiger partial charge in [-0.25, -0.2) is 0 Å². The number of aromatic nitrogens is 1. The molecule has 3 rings (SSSR count). The molecular formula is C19H24N4O3. The fourth-order valence-corrected chi connectivity index (χ4v) is 3.25. The van der Waals surface area contributed by atoms with Gasteiger partial charge in [0.1, 0.15) is 5.76 Å². The molecule has 1 unspecified atom stereocenters. The Hall–Kier alpha value is -2.67. The van der Waals surface area contributed by atoms with E-state index in [1.165, 1.54) is 11.1 Å². The Bertz CT molecular complexity index is 787. The zero-order chi connectivity index (χ0) is 18.5. The second-order valence-electron chi connectivity index (χ2n) is 6.71. The maximum atomic E-state index is 12.5. The number of hydrogen-bond donors (Lipinski definition) is 2. The number of benzene rings is 1. The molecule has 0 bridgehead atoms. The quantitative estimate of drug-likeness (QED) is 0.827. The zero-order valence-corrected chi connectivity index (χ0v) is 15.1. The molecule has 0 saturated carbocycles. The molecule has 1 aromatic carbocycles. The van der Waals surface area contributed by atoms with Crippen molar-refractivity contribution in [2.24, 2.45) is 0 Å². The molecule has 0 aliphatic carbocycles. The molecule has 7 nitrogen and oxygen atoms in total. The Balaban J connectivity index is 1.50. The Morgan fingerprint density at radius 2 is 2.15 bits per heavy atom. The molecule has 1 atom stereocenters. The highest BCUT2D eigenvalue weighted by molar-refractivity contribution is 5.94. The number of hydrogen-bond acceptors (Lipinski definition) is 5. The Morgan fingerprint density at radius 3 is 2.88 bits per heavy atom. The van der Waals surface area contributed by atoms with Crippen LogP contribution in [0.5, 0.6) is 0 Å². The molecule has 2 aromatic rings. The number of amides is 2. The predicted octanol–water partition coefficient (Wildman–Crippen LogP) is 2.01. The summed E-state index contributed by atoms with van der Waals surface area (Å²) in [5, 5.41) is 9.02. The van der Waals surface area contributed by atoms with Crippen LogP contribution >= 0.6 is 0 Å². The van der Waals surface area contributed by atoms with Crippen molar-refractivity contribution in [1.29, 1.82) is 0 Å². The van der Waals surface area contributed by atoms with Gasteiger partial charge in [-0.2, -0.15) is 0 Å². The second-order valence-corrected chi connectivity index (χ2v) is 6.71. The third-order valence-corrected chi connectivity index (χ3v) is 4.45. The van der Waals surface area contributed by atoms with E-state index in [1.807, 2.05) is 6.07 Å². The summed E-state index contributed by atoms with van der Waals surface area (Å²) in [6, 6.07) is 9.74. The summed E-state index contributed by atoms with van der Waals surface area (Å²) in [5.41, 5.74) is 2.41. The largest absolute Gasteiger partial charge is 0.360 e. The van der Waals surface area contributed by atoms with Crippen molar-refractivity contribution >= 4 is 17.6 Å². The highest BCUT2D eigenvalue weighted by Gasteiger charge is 2.30. The van der Waals surface area contributed by atoms with Gasteiger partial charge in [-0.15, -0.1) is 0 Å². The lowest BCUT2D eigenvalue weighted by atomic mass is 10.1. The van der Waals surface area contributed by atoms with E-state index < -0.39 is 0 Å². The van der Waals surface area contributed by atoms with Gasteiger partial charge in [0.2, 0.25) is 11.8 Å². The lowest BCUT2D eigenvalue weighted by Gasteiger charge is -2.23. The molecule has 2 amide bonds. The minimum Gasteiger partial charge on any atom is -0.360 e. The first-order valence-electron chi connectivity index (χ1n) is 8.82. The van der Waals surface area contributed by atoms with Crippen molar-refractivity contribution in [3.63, 3.8) is 0 Å². The molecular weight excluding hydrogens is 332 g/mol. The van der Waals surface area contributed by atoms with E-state index in [0.29, 0.717) is 11.6 Å². The molecule has 2 heterocycles. The lowest BCUT2D eigenvalue weighted by molar-refractivity contribution is -0.127. The first kappa shape index (κ1) is 18.1. The summed E-state index contributed by atoms with van der Waals surface area (Å²) in [7, 11) is 0.